The predicted octanol–water partition coefficient (Wildman–Crippen LogP) is 2.42. The number of amidine groups is 1. The average molecular weight is 255 g/mol. The number of aliphatic imine (C=N–C) groups is 1. The maximum Gasteiger partial charge on any atom is 0.175 e. The lowest BCUT2D eigenvalue weighted by Gasteiger charge is -2.20. The van der Waals surface area contributed by atoms with Crippen LogP contribution in [-0.4, -0.2) is 10.9 Å². The monoisotopic (exact) mass is 254 g/mol. The van der Waals surface area contributed by atoms with Crippen LogP contribution in [0.5, 0.6) is 0 Å². The summed E-state index contributed by atoms with van der Waals surface area (Å²) in [5.74, 6) is 0.747. The average Bonchev–Trinajstić information content (AvgIpc) is 2.17. The van der Waals surface area contributed by atoms with E-state index >= 15 is 0 Å². The van der Waals surface area contributed by atoms with Crippen molar-refractivity contribution in [2.45, 2.75) is 18.5 Å². The van der Waals surface area contributed by atoms with Gasteiger partial charge in [0.2, 0.25) is 0 Å². The summed E-state index contributed by atoms with van der Waals surface area (Å²) in [6.07, 6.45) is -0.731. The first-order valence-electron chi connectivity index (χ1n) is 4.39. The molecule has 0 aromatic heterocycles. The van der Waals surface area contributed by atoms with Gasteiger partial charge in [-0.1, -0.05) is 22.0 Å². The van der Waals surface area contributed by atoms with Gasteiger partial charge in [0.1, 0.15) is 5.84 Å². The molecule has 0 spiro atoms. The topological polar surface area (TPSA) is 44.6 Å². The van der Waals surface area contributed by atoms with E-state index in [0.29, 0.717) is 0 Å². The zero-order chi connectivity index (χ0) is 10.1. The molecule has 0 bridgehead atoms. The Hall–Kier alpha value is -0.870. The minimum atomic E-state index is -0.731. The Morgan fingerprint density at radius 2 is 2.36 bits per heavy atom. The first kappa shape index (κ1) is 9.68. The largest absolute Gasteiger partial charge is 0.368 e. The number of anilines is 1. The number of benzene rings is 1. The molecule has 74 valence electrons. The molecule has 1 atom stereocenters. The van der Waals surface area contributed by atoms with Crippen molar-refractivity contribution < 1.29 is 5.11 Å². The Bertz CT molecular complexity index is 390. The summed E-state index contributed by atoms with van der Waals surface area (Å²) >= 11 is 3.38. The van der Waals surface area contributed by atoms with Gasteiger partial charge in [-0.25, -0.2) is 4.99 Å². The SMILES string of the molecule is CC1=NC(O)c2cc(CBr)ccc2N1. The fraction of sp³-hybridized carbons (Fsp3) is 0.300. The van der Waals surface area contributed by atoms with Crippen molar-refractivity contribution >= 4 is 27.5 Å². The fourth-order valence-electron chi connectivity index (χ4n) is 1.50. The van der Waals surface area contributed by atoms with Gasteiger partial charge in [0.15, 0.2) is 6.23 Å². The first-order chi connectivity index (χ1) is 6.70. The molecule has 3 nitrogen and oxygen atoms in total. The molecule has 0 radical (unpaired) electrons. The van der Waals surface area contributed by atoms with Crippen molar-refractivity contribution in [3.8, 4) is 0 Å². The quantitative estimate of drug-likeness (QED) is 0.757. The highest BCUT2D eigenvalue weighted by Crippen LogP contribution is 2.29. The molecule has 1 aliphatic rings. The van der Waals surface area contributed by atoms with E-state index in [0.717, 1.165) is 28.0 Å². The third kappa shape index (κ3) is 1.67. The lowest BCUT2D eigenvalue weighted by molar-refractivity contribution is 0.188. The summed E-state index contributed by atoms with van der Waals surface area (Å²) in [5.41, 5.74) is 2.92. The van der Waals surface area contributed by atoms with Crippen molar-refractivity contribution in [3.63, 3.8) is 0 Å². The van der Waals surface area contributed by atoms with Gasteiger partial charge in [0.25, 0.3) is 0 Å². The first-order valence-corrected chi connectivity index (χ1v) is 5.51. The van der Waals surface area contributed by atoms with E-state index < -0.39 is 6.23 Å². The number of hydrogen-bond donors (Lipinski definition) is 2. The second-order valence-electron chi connectivity index (χ2n) is 3.27. The van der Waals surface area contributed by atoms with Crippen LogP contribution in [0.3, 0.4) is 0 Å². The Kier molecular flexibility index (Phi) is 2.56. The van der Waals surface area contributed by atoms with Gasteiger partial charge >= 0.3 is 0 Å². The van der Waals surface area contributed by atoms with Gasteiger partial charge in [-0.3, -0.25) is 0 Å². The number of halogens is 1. The number of alkyl halides is 1. The Morgan fingerprint density at radius 1 is 1.57 bits per heavy atom. The molecular formula is C10H11BrN2O. The molecule has 1 aromatic carbocycles. The zero-order valence-electron chi connectivity index (χ0n) is 7.79. The summed E-state index contributed by atoms with van der Waals surface area (Å²) in [6.45, 7) is 1.84. The van der Waals surface area contributed by atoms with Crippen LogP contribution in [0.15, 0.2) is 23.2 Å². The third-order valence-electron chi connectivity index (χ3n) is 2.18. The van der Waals surface area contributed by atoms with Gasteiger partial charge < -0.3 is 10.4 Å². The van der Waals surface area contributed by atoms with E-state index in [1.165, 1.54) is 0 Å². The zero-order valence-corrected chi connectivity index (χ0v) is 9.37. The Labute approximate surface area is 91.0 Å². The molecule has 14 heavy (non-hydrogen) atoms. The van der Waals surface area contributed by atoms with E-state index in [1.807, 2.05) is 25.1 Å². The lowest BCUT2D eigenvalue weighted by atomic mass is 10.1. The predicted molar refractivity (Wildman–Crippen MR) is 60.8 cm³/mol. The summed E-state index contributed by atoms with van der Waals surface area (Å²) in [4.78, 5) is 4.05. The molecule has 0 saturated carbocycles. The normalized spacial score (nSPS) is 19.6. The van der Waals surface area contributed by atoms with Gasteiger partial charge in [-0.05, 0) is 24.6 Å². The number of aliphatic hydroxyl groups is 1. The third-order valence-corrected chi connectivity index (χ3v) is 2.83. The maximum absolute atomic E-state index is 9.71. The van der Waals surface area contributed by atoms with Crippen LogP contribution in [0, 0.1) is 0 Å². The summed E-state index contributed by atoms with van der Waals surface area (Å²) in [7, 11) is 0. The van der Waals surface area contributed by atoms with Crippen molar-refractivity contribution in [1.82, 2.24) is 0 Å². The number of aliphatic hydroxyl groups excluding tert-OH is 1. The van der Waals surface area contributed by atoms with Gasteiger partial charge in [-0.2, -0.15) is 0 Å². The standard InChI is InChI=1S/C10H11BrN2O/c1-6-12-9-3-2-7(5-11)4-8(9)10(14)13-6/h2-4,10,14H,5H2,1H3,(H,12,13). The fourth-order valence-corrected chi connectivity index (χ4v) is 1.85. The number of fused-ring (bicyclic) bond motifs is 1. The molecular weight excluding hydrogens is 244 g/mol. The molecule has 1 unspecified atom stereocenters. The molecule has 2 rings (SSSR count). The van der Waals surface area contributed by atoms with Crippen LogP contribution < -0.4 is 5.32 Å². The Morgan fingerprint density at radius 3 is 3.07 bits per heavy atom. The van der Waals surface area contributed by atoms with Crippen LogP contribution in [-0.2, 0) is 5.33 Å². The second kappa shape index (κ2) is 3.71. The summed E-state index contributed by atoms with van der Waals surface area (Å²) < 4.78 is 0. The van der Waals surface area contributed by atoms with Gasteiger partial charge in [0.05, 0.1) is 0 Å². The number of nitrogens with zero attached hydrogens (tertiary/aromatic N) is 1. The van der Waals surface area contributed by atoms with Crippen LogP contribution in [0.1, 0.15) is 24.3 Å². The number of nitrogens with one attached hydrogen (secondary N) is 1. The minimum Gasteiger partial charge on any atom is -0.368 e. The van der Waals surface area contributed by atoms with Gasteiger partial charge in [-0.15, -0.1) is 0 Å². The smallest absolute Gasteiger partial charge is 0.175 e. The molecule has 4 heteroatoms. The number of rotatable bonds is 1. The van der Waals surface area contributed by atoms with Crippen LogP contribution in [0.25, 0.3) is 0 Å². The van der Waals surface area contributed by atoms with E-state index in [-0.39, 0.29) is 0 Å². The second-order valence-corrected chi connectivity index (χ2v) is 3.83. The molecule has 0 aliphatic carbocycles. The van der Waals surface area contributed by atoms with Crippen molar-refractivity contribution in [2.24, 2.45) is 4.99 Å². The van der Waals surface area contributed by atoms with E-state index in [4.69, 9.17) is 0 Å². The van der Waals surface area contributed by atoms with Crippen LogP contribution >= 0.6 is 15.9 Å². The molecule has 1 aromatic rings. The lowest BCUT2D eigenvalue weighted by Crippen LogP contribution is -2.17. The van der Waals surface area contributed by atoms with E-state index in [9.17, 15) is 5.11 Å². The molecule has 2 N–H and O–H groups in total. The molecule has 1 aliphatic heterocycles. The maximum atomic E-state index is 9.71. The molecule has 0 saturated heterocycles. The van der Waals surface area contributed by atoms with E-state index in [2.05, 4.69) is 26.2 Å². The molecule has 0 amide bonds. The number of hydrogen-bond acceptors (Lipinski definition) is 3. The highest BCUT2D eigenvalue weighted by molar-refractivity contribution is 9.08. The van der Waals surface area contributed by atoms with E-state index in [1.54, 1.807) is 0 Å². The van der Waals surface area contributed by atoms with Crippen LogP contribution in [0.2, 0.25) is 0 Å². The van der Waals surface area contributed by atoms with Gasteiger partial charge in [0, 0.05) is 16.6 Å². The molecule has 1 heterocycles. The minimum absolute atomic E-state index is 0.731. The van der Waals surface area contributed by atoms with Crippen LogP contribution in [0.4, 0.5) is 5.69 Å². The highest BCUT2D eigenvalue weighted by atomic mass is 79.9. The summed E-state index contributed by atoms with van der Waals surface area (Å²) in [6, 6.07) is 5.94. The van der Waals surface area contributed by atoms with Crippen molar-refractivity contribution in [2.75, 3.05) is 5.32 Å². The summed E-state index contributed by atoms with van der Waals surface area (Å²) in [5, 5.41) is 13.6. The Balaban J connectivity index is 2.44. The van der Waals surface area contributed by atoms with Crippen molar-refractivity contribution in [1.29, 1.82) is 0 Å². The molecule has 0 fully saturated rings. The highest BCUT2D eigenvalue weighted by Gasteiger charge is 2.17. The van der Waals surface area contributed by atoms with Crippen molar-refractivity contribution in [3.05, 3.63) is 29.3 Å².